The molecule has 0 radical (unpaired) electrons. The monoisotopic (exact) mass is 311 g/mol. The molecule has 0 aromatic heterocycles. The Labute approximate surface area is 136 Å². The second-order valence-electron chi connectivity index (χ2n) is 5.77. The summed E-state index contributed by atoms with van der Waals surface area (Å²) in [5, 5.41) is 2.88. The Morgan fingerprint density at radius 1 is 1.22 bits per heavy atom. The molecule has 2 aromatic rings. The molecular formula is C18H21N3O2. The predicted octanol–water partition coefficient (Wildman–Crippen LogP) is 2.48. The molecule has 5 nitrogen and oxygen atoms in total. The van der Waals surface area contributed by atoms with Crippen LogP contribution in [0.3, 0.4) is 0 Å². The molecular weight excluding hydrogens is 290 g/mol. The zero-order chi connectivity index (χ0) is 16.2. The number of nitrogens with two attached hydrogens (primary N) is 1. The Hall–Kier alpha value is -2.37. The van der Waals surface area contributed by atoms with Gasteiger partial charge in [-0.2, -0.15) is 0 Å². The molecule has 1 heterocycles. The Bertz CT molecular complexity index is 715. The fourth-order valence-corrected chi connectivity index (χ4v) is 2.80. The van der Waals surface area contributed by atoms with Crippen molar-refractivity contribution in [1.29, 1.82) is 0 Å². The van der Waals surface area contributed by atoms with E-state index in [1.165, 1.54) is 11.1 Å². The van der Waals surface area contributed by atoms with E-state index in [0.717, 1.165) is 26.2 Å². The van der Waals surface area contributed by atoms with Crippen LogP contribution in [0.15, 0.2) is 42.5 Å². The number of nitrogens with one attached hydrogen (secondary N) is 1. The van der Waals surface area contributed by atoms with Crippen LogP contribution in [-0.2, 0) is 17.8 Å². The highest BCUT2D eigenvalue weighted by Gasteiger charge is 2.20. The van der Waals surface area contributed by atoms with Crippen LogP contribution in [0.4, 0.5) is 11.4 Å². The van der Waals surface area contributed by atoms with Gasteiger partial charge in [0.1, 0.15) is 0 Å². The van der Waals surface area contributed by atoms with Gasteiger partial charge >= 0.3 is 0 Å². The molecule has 0 saturated carbocycles. The van der Waals surface area contributed by atoms with E-state index in [9.17, 15) is 4.79 Å². The lowest BCUT2D eigenvalue weighted by molar-refractivity contribution is 0.102. The smallest absolute Gasteiger partial charge is 0.255 e. The Morgan fingerprint density at radius 2 is 2.04 bits per heavy atom. The minimum absolute atomic E-state index is 0.117. The van der Waals surface area contributed by atoms with Gasteiger partial charge in [-0.3, -0.25) is 9.69 Å². The SMILES string of the molecule is COCCN1Cc2ccc(C(=O)Nc3cccc(N)c3)cc2C1. The molecule has 0 atom stereocenters. The van der Waals surface area contributed by atoms with E-state index in [1.54, 1.807) is 19.2 Å². The molecule has 5 heteroatoms. The largest absolute Gasteiger partial charge is 0.399 e. The number of nitrogens with zero attached hydrogens (tertiary/aromatic N) is 1. The molecule has 0 bridgehead atoms. The van der Waals surface area contributed by atoms with Crippen molar-refractivity contribution in [2.45, 2.75) is 13.1 Å². The number of amides is 1. The number of hydrogen-bond donors (Lipinski definition) is 2. The fourth-order valence-electron chi connectivity index (χ4n) is 2.80. The van der Waals surface area contributed by atoms with Crippen molar-refractivity contribution in [1.82, 2.24) is 4.90 Å². The number of carbonyl (C=O) groups is 1. The zero-order valence-corrected chi connectivity index (χ0v) is 13.2. The minimum atomic E-state index is -0.117. The number of benzene rings is 2. The average molecular weight is 311 g/mol. The van der Waals surface area contributed by atoms with Crippen molar-refractivity contribution in [3.8, 4) is 0 Å². The Balaban J connectivity index is 1.69. The van der Waals surface area contributed by atoms with Gasteiger partial charge in [0.05, 0.1) is 6.61 Å². The summed E-state index contributed by atoms with van der Waals surface area (Å²) in [5.74, 6) is -0.117. The molecule has 0 aliphatic carbocycles. The van der Waals surface area contributed by atoms with Crippen LogP contribution in [-0.4, -0.2) is 31.1 Å². The first-order valence-electron chi connectivity index (χ1n) is 7.65. The molecule has 1 aliphatic heterocycles. The molecule has 2 aromatic carbocycles. The van der Waals surface area contributed by atoms with Crippen LogP contribution >= 0.6 is 0 Å². The number of hydrogen-bond acceptors (Lipinski definition) is 4. The summed E-state index contributed by atoms with van der Waals surface area (Å²) in [6.45, 7) is 3.39. The van der Waals surface area contributed by atoms with E-state index in [-0.39, 0.29) is 5.91 Å². The van der Waals surface area contributed by atoms with E-state index in [4.69, 9.17) is 10.5 Å². The maximum atomic E-state index is 12.4. The van der Waals surface area contributed by atoms with Gasteiger partial charge in [-0.25, -0.2) is 0 Å². The number of rotatable bonds is 5. The summed E-state index contributed by atoms with van der Waals surface area (Å²) in [6, 6.07) is 13.1. The molecule has 3 N–H and O–H groups in total. The van der Waals surface area contributed by atoms with Gasteiger partial charge in [0, 0.05) is 43.7 Å². The van der Waals surface area contributed by atoms with Gasteiger partial charge in [0.25, 0.3) is 5.91 Å². The summed E-state index contributed by atoms with van der Waals surface area (Å²) in [7, 11) is 1.71. The quantitative estimate of drug-likeness (QED) is 0.833. The third-order valence-electron chi connectivity index (χ3n) is 4.01. The highest BCUT2D eigenvalue weighted by atomic mass is 16.5. The lowest BCUT2D eigenvalue weighted by Crippen LogP contribution is -2.21. The van der Waals surface area contributed by atoms with E-state index in [2.05, 4.69) is 10.2 Å². The summed E-state index contributed by atoms with van der Waals surface area (Å²) in [4.78, 5) is 14.7. The third kappa shape index (κ3) is 3.70. The summed E-state index contributed by atoms with van der Waals surface area (Å²) < 4.78 is 5.12. The average Bonchev–Trinajstić information content (AvgIpc) is 2.94. The van der Waals surface area contributed by atoms with Crippen LogP contribution in [0.25, 0.3) is 0 Å². The fraction of sp³-hybridized carbons (Fsp3) is 0.278. The second-order valence-corrected chi connectivity index (χ2v) is 5.77. The van der Waals surface area contributed by atoms with Crippen molar-refractivity contribution in [3.05, 3.63) is 59.2 Å². The Morgan fingerprint density at radius 3 is 2.83 bits per heavy atom. The molecule has 120 valence electrons. The number of anilines is 2. The first-order valence-corrected chi connectivity index (χ1v) is 7.65. The van der Waals surface area contributed by atoms with Crippen molar-refractivity contribution in [2.24, 2.45) is 0 Å². The van der Waals surface area contributed by atoms with Gasteiger partial charge < -0.3 is 15.8 Å². The van der Waals surface area contributed by atoms with Crippen molar-refractivity contribution >= 4 is 17.3 Å². The standard InChI is InChI=1S/C18H21N3O2/c1-23-8-7-21-11-14-6-5-13(9-15(14)12-21)18(22)20-17-4-2-3-16(19)10-17/h2-6,9-10H,7-8,11-12,19H2,1H3,(H,20,22). The number of nitrogen functional groups attached to an aromatic ring is 1. The molecule has 0 spiro atoms. The predicted molar refractivity (Wildman–Crippen MR) is 91.2 cm³/mol. The van der Waals surface area contributed by atoms with Crippen LogP contribution in [0.2, 0.25) is 0 Å². The normalized spacial score (nSPS) is 13.8. The minimum Gasteiger partial charge on any atom is -0.399 e. The van der Waals surface area contributed by atoms with E-state index >= 15 is 0 Å². The van der Waals surface area contributed by atoms with Crippen LogP contribution < -0.4 is 11.1 Å². The Kier molecular flexibility index (Phi) is 4.60. The van der Waals surface area contributed by atoms with Gasteiger partial charge in [-0.05, 0) is 41.5 Å². The molecule has 3 rings (SSSR count). The third-order valence-corrected chi connectivity index (χ3v) is 4.01. The summed E-state index contributed by atoms with van der Waals surface area (Å²) in [5.41, 5.74) is 10.2. The number of methoxy groups -OCH3 is 1. The van der Waals surface area contributed by atoms with E-state index in [1.807, 2.05) is 30.3 Å². The molecule has 1 aliphatic rings. The van der Waals surface area contributed by atoms with Gasteiger partial charge in [-0.1, -0.05) is 12.1 Å². The van der Waals surface area contributed by atoms with Gasteiger partial charge in [0.15, 0.2) is 0 Å². The number of fused-ring (bicyclic) bond motifs is 1. The second kappa shape index (κ2) is 6.81. The molecule has 23 heavy (non-hydrogen) atoms. The number of ether oxygens (including phenoxy) is 1. The van der Waals surface area contributed by atoms with Crippen molar-refractivity contribution < 1.29 is 9.53 Å². The zero-order valence-electron chi connectivity index (χ0n) is 13.2. The molecule has 1 amide bonds. The van der Waals surface area contributed by atoms with Gasteiger partial charge in [-0.15, -0.1) is 0 Å². The first-order chi connectivity index (χ1) is 11.2. The highest BCUT2D eigenvalue weighted by molar-refractivity contribution is 6.04. The summed E-state index contributed by atoms with van der Waals surface area (Å²) >= 11 is 0. The maximum absolute atomic E-state index is 12.4. The van der Waals surface area contributed by atoms with Crippen LogP contribution in [0.5, 0.6) is 0 Å². The molecule has 0 fully saturated rings. The summed E-state index contributed by atoms with van der Waals surface area (Å²) in [6.07, 6.45) is 0. The maximum Gasteiger partial charge on any atom is 0.255 e. The van der Waals surface area contributed by atoms with Crippen molar-refractivity contribution in [3.63, 3.8) is 0 Å². The highest BCUT2D eigenvalue weighted by Crippen LogP contribution is 2.24. The molecule has 0 unspecified atom stereocenters. The number of carbonyl (C=O) groups excluding carboxylic acids is 1. The lowest BCUT2D eigenvalue weighted by Gasteiger charge is -2.13. The molecule has 0 saturated heterocycles. The first kappa shape index (κ1) is 15.5. The topological polar surface area (TPSA) is 67.6 Å². The van der Waals surface area contributed by atoms with Gasteiger partial charge in [0.2, 0.25) is 0 Å². The lowest BCUT2D eigenvalue weighted by atomic mass is 10.1. The van der Waals surface area contributed by atoms with Crippen LogP contribution in [0.1, 0.15) is 21.5 Å². The van der Waals surface area contributed by atoms with Crippen molar-refractivity contribution in [2.75, 3.05) is 31.3 Å². The van der Waals surface area contributed by atoms with E-state index in [0.29, 0.717) is 16.9 Å². The van der Waals surface area contributed by atoms with E-state index < -0.39 is 0 Å². The van der Waals surface area contributed by atoms with Crippen LogP contribution in [0, 0.1) is 0 Å².